The van der Waals surface area contributed by atoms with Gasteiger partial charge in [-0.1, -0.05) is 10.3 Å². The molecule has 0 N–H and O–H groups in total. The number of aromatic nitrogens is 2. The molecule has 0 atom stereocenters. The summed E-state index contributed by atoms with van der Waals surface area (Å²) in [4.78, 5) is 14.0. The Kier molecular flexibility index (Phi) is 3.45. The highest BCUT2D eigenvalue weighted by atomic mass is 16.6. The summed E-state index contributed by atoms with van der Waals surface area (Å²) in [6, 6.07) is 1.67. The fourth-order valence-electron chi connectivity index (χ4n) is 1.68. The summed E-state index contributed by atoms with van der Waals surface area (Å²) in [7, 11) is 0. The fourth-order valence-corrected chi connectivity index (χ4v) is 1.68. The summed E-state index contributed by atoms with van der Waals surface area (Å²) in [5.74, 6) is 0.541. The van der Waals surface area contributed by atoms with Gasteiger partial charge in [0.25, 0.3) is 5.91 Å². The van der Waals surface area contributed by atoms with E-state index in [1.807, 2.05) is 6.92 Å². The number of aryl methyl sites for hydroxylation is 2. The van der Waals surface area contributed by atoms with Crippen molar-refractivity contribution in [2.24, 2.45) is 0 Å². The average molecular weight is 249 g/mol. The molecule has 18 heavy (non-hydrogen) atoms. The average Bonchev–Trinajstić information content (AvgIpc) is 2.94. The van der Waals surface area contributed by atoms with Crippen molar-refractivity contribution in [1.29, 1.82) is 0 Å². The predicted octanol–water partition coefficient (Wildman–Crippen LogP) is 1.94. The molecule has 0 bridgehead atoms. The quantitative estimate of drug-likeness (QED) is 0.828. The van der Waals surface area contributed by atoms with E-state index in [9.17, 15) is 4.79 Å². The van der Waals surface area contributed by atoms with E-state index in [2.05, 4.69) is 14.9 Å². The first-order valence-electron chi connectivity index (χ1n) is 5.75. The molecule has 0 saturated heterocycles. The van der Waals surface area contributed by atoms with Crippen LogP contribution in [0.5, 0.6) is 0 Å². The molecular formula is C12H15N3O3. The summed E-state index contributed by atoms with van der Waals surface area (Å²) in [5.41, 5.74) is 1.95. The molecule has 2 aromatic rings. The Hall–Kier alpha value is -2.11. The van der Waals surface area contributed by atoms with Gasteiger partial charge in [-0.05, 0) is 26.8 Å². The zero-order valence-electron chi connectivity index (χ0n) is 10.6. The second kappa shape index (κ2) is 5.03. The fraction of sp³-hybridized carbons (Fsp3) is 0.417. The number of nitrogens with zero attached hydrogens (tertiary/aromatic N) is 3. The third kappa shape index (κ3) is 2.27. The van der Waals surface area contributed by atoms with Crippen LogP contribution >= 0.6 is 0 Å². The molecule has 0 aliphatic carbocycles. The minimum atomic E-state index is -0.0776. The van der Waals surface area contributed by atoms with Crippen LogP contribution in [0, 0.1) is 13.8 Å². The summed E-state index contributed by atoms with van der Waals surface area (Å²) >= 11 is 0. The van der Waals surface area contributed by atoms with Crippen LogP contribution in [-0.2, 0) is 6.54 Å². The Morgan fingerprint density at radius 3 is 2.67 bits per heavy atom. The smallest absolute Gasteiger partial charge is 0.257 e. The first-order chi connectivity index (χ1) is 8.63. The first-order valence-corrected chi connectivity index (χ1v) is 5.75. The lowest BCUT2D eigenvalue weighted by atomic mass is 10.2. The Labute approximate surface area is 105 Å². The maximum atomic E-state index is 12.3. The lowest BCUT2D eigenvalue weighted by Gasteiger charge is -2.19. The van der Waals surface area contributed by atoms with Gasteiger partial charge < -0.3 is 9.32 Å². The highest BCUT2D eigenvalue weighted by Crippen LogP contribution is 2.14. The van der Waals surface area contributed by atoms with E-state index in [4.69, 9.17) is 4.42 Å². The summed E-state index contributed by atoms with van der Waals surface area (Å²) in [6.45, 7) is 6.44. The van der Waals surface area contributed by atoms with Gasteiger partial charge in [0.05, 0.1) is 18.4 Å². The number of rotatable bonds is 4. The number of hydrogen-bond donors (Lipinski definition) is 0. The molecule has 6 nitrogen and oxygen atoms in total. The van der Waals surface area contributed by atoms with Crippen LogP contribution in [-0.4, -0.2) is 27.7 Å². The molecule has 0 aliphatic heterocycles. The number of furan rings is 1. The zero-order chi connectivity index (χ0) is 13.1. The van der Waals surface area contributed by atoms with Crippen molar-refractivity contribution < 1.29 is 13.8 Å². The number of carbonyl (C=O) groups excluding carboxylic acids is 1. The summed E-state index contributed by atoms with van der Waals surface area (Å²) < 4.78 is 9.77. The van der Waals surface area contributed by atoms with E-state index in [1.165, 1.54) is 6.26 Å². The standard InChI is InChI=1S/C12H15N3O3/c1-4-15(7-11-8(2)13-18-14-11)12(16)10-5-6-17-9(10)3/h5-6H,4,7H2,1-3H3. The van der Waals surface area contributed by atoms with Crippen molar-refractivity contribution in [3.63, 3.8) is 0 Å². The van der Waals surface area contributed by atoms with Crippen LogP contribution < -0.4 is 0 Å². The van der Waals surface area contributed by atoms with Gasteiger partial charge in [-0.3, -0.25) is 4.79 Å². The summed E-state index contributed by atoms with van der Waals surface area (Å²) in [6.07, 6.45) is 1.51. The molecule has 0 radical (unpaired) electrons. The Bertz CT molecular complexity index is 544. The molecule has 96 valence electrons. The third-order valence-corrected chi connectivity index (χ3v) is 2.85. The van der Waals surface area contributed by atoms with E-state index >= 15 is 0 Å². The number of hydrogen-bond acceptors (Lipinski definition) is 5. The molecule has 0 aromatic carbocycles. The van der Waals surface area contributed by atoms with Crippen LogP contribution in [0.2, 0.25) is 0 Å². The topological polar surface area (TPSA) is 72.4 Å². The normalized spacial score (nSPS) is 10.6. The Balaban J connectivity index is 2.17. The summed E-state index contributed by atoms with van der Waals surface area (Å²) in [5, 5.41) is 7.49. The van der Waals surface area contributed by atoms with Crippen molar-refractivity contribution in [2.45, 2.75) is 27.3 Å². The molecule has 1 amide bonds. The lowest BCUT2D eigenvalue weighted by Crippen LogP contribution is -2.30. The Morgan fingerprint density at radius 2 is 2.17 bits per heavy atom. The maximum absolute atomic E-state index is 12.3. The molecular weight excluding hydrogens is 234 g/mol. The van der Waals surface area contributed by atoms with Gasteiger partial charge >= 0.3 is 0 Å². The molecule has 6 heteroatoms. The van der Waals surface area contributed by atoms with E-state index in [-0.39, 0.29) is 5.91 Å². The van der Waals surface area contributed by atoms with Gasteiger partial charge in [0.15, 0.2) is 0 Å². The van der Waals surface area contributed by atoms with Crippen molar-refractivity contribution in [3.8, 4) is 0 Å². The highest BCUT2D eigenvalue weighted by Gasteiger charge is 2.20. The molecule has 0 unspecified atom stereocenters. The maximum Gasteiger partial charge on any atom is 0.257 e. The van der Waals surface area contributed by atoms with Gasteiger partial charge in [0, 0.05) is 6.54 Å². The van der Waals surface area contributed by atoms with E-state index in [0.29, 0.717) is 35.8 Å². The predicted molar refractivity (Wildman–Crippen MR) is 62.9 cm³/mol. The van der Waals surface area contributed by atoms with Gasteiger partial charge in [0.1, 0.15) is 17.1 Å². The van der Waals surface area contributed by atoms with Crippen molar-refractivity contribution >= 4 is 5.91 Å². The first kappa shape index (κ1) is 12.3. The molecule has 2 rings (SSSR count). The van der Waals surface area contributed by atoms with Gasteiger partial charge in [-0.15, -0.1) is 0 Å². The van der Waals surface area contributed by atoms with Crippen molar-refractivity contribution in [3.05, 3.63) is 35.0 Å². The number of carbonyl (C=O) groups is 1. The molecule has 0 fully saturated rings. The zero-order valence-corrected chi connectivity index (χ0v) is 10.6. The van der Waals surface area contributed by atoms with E-state index < -0.39 is 0 Å². The minimum Gasteiger partial charge on any atom is -0.469 e. The molecule has 0 saturated carbocycles. The SMILES string of the molecule is CCN(Cc1nonc1C)C(=O)c1ccoc1C. The van der Waals surface area contributed by atoms with Crippen molar-refractivity contribution in [1.82, 2.24) is 15.2 Å². The molecule has 2 aromatic heterocycles. The van der Waals surface area contributed by atoms with Gasteiger partial charge in [-0.2, -0.15) is 0 Å². The molecule has 0 aliphatic rings. The minimum absolute atomic E-state index is 0.0776. The second-order valence-electron chi connectivity index (χ2n) is 4.01. The Morgan fingerprint density at radius 1 is 1.39 bits per heavy atom. The van der Waals surface area contributed by atoms with E-state index in [0.717, 1.165) is 0 Å². The highest BCUT2D eigenvalue weighted by molar-refractivity contribution is 5.95. The van der Waals surface area contributed by atoms with Crippen LogP contribution in [0.15, 0.2) is 21.4 Å². The van der Waals surface area contributed by atoms with Gasteiger partial charge in [-0.25, -0.2) is 4.63 Å². The third-order valence-electron chi connectivity index (χ3n) is 2.85. The number of amides is 1. The van der Waals surface area contributed by atoms with Gasteiger partial charge in [0.2, 0.25) is 0 Å². The van der Waals surface area contributed by atoms with Crippen LogP contribution in [0.1, 0.15) is 34.4 Å². The molecule has 0 spiro atoms. The van der Waals surface area contributed by atoms with Crippen LogP contribution in [0.4, 0.5) is 0 Å². The van der Waals surface area contributed by atoms with Crippen LogP contribution in [0.3, 0.4) is 0 Å². The monoisotopic (exact) mass is 249 g/mol. The second-order valence-corrected chi connectivity index (χ2v) is 4.01. The molecule has 2 heterocycles. The van der Waals surface area contributed by atoms with Crippen LogP contribution in [0.25, 0.3) is 0 Å². The largest absolute Gasteiger partial charge is 0.469 e. The lowest BCUT2D eigenvalue weighted by molar-refractivity contribution is 0.0747. The van der Waals surface area contributed by atoms with E-state index in [1.54, 1.807) is 24.8 Å². The van der Waals surface area contributed by atoms with Crippen molar-refractivity contribution in [2.75, 3.05) is 6.54 Å².